The smallest absolute Gasteiger partial charge is 0.252 e. The highest BCUT2D eigenvalue weighted by atomic mass is 32.1. The van der Waals surface area contributed by atoms with Crippen LogP contribution in [0.4, 0.5) is 5.00 Å². The molecule has 2 heterocycles. The normalized spacial score (nSPS) is 19.2. The number of hydrogen-bond acceptors (Lipinski definition) is 5. The molecule has 0 spiro atoms. The third-order valence-electron chi connectivity index (χ3n) is 6.04. The van der Waals surface area contributed by atoms with Crippen molar-refractivity contribution in [3.63, 3.8) is 0 Å². The van der Waals surface area contributed by atoms with Crippen molar-refractivity contribution in [1.82, 2.24) is 4.98 Å². The quantitative estimate of drug-likeness (QED) is 0.702. The molecule has 3 N–H and O–H groups in total. The average molecular weight is 430 g/mol. The standard InChI is InChI=1S/C22H27N3O2S2/c1-3-13-8-9-16-17(10-13)29-22(18(16)21-24-12(2)11-28-21)25-20(27)15-7-5-4-6-14(15)19(23)26/h11,13H,3-10H2,1-2H3,(H2,23,26)(H,25,27). The summed E-state index contributed by atoms with van der Waals surface area (Å²) >= 11 is 3.31. The molecule has 2 aromatic rings. The van der Waals surface area contributed by atoms with Gasteiger partial charge in [0.25, 0.3) is 5.91 Å². The van der Waals surface area contributed by atoms with Gasteiger partial charge in [-0.25, -0.2) is 4.98 Å². The number of anilines is 1. The minimum atomic E-state index is -0.470. The third kappa shape index (κ3) is 4.03. The number of primary amides is 1. The second-order valence-corrected chi connectivity index (χ2v) is 9.96. The Morgan fingerprint density at radius 3 is 2.66 bits per heavy atom. The summed E-state index contributed by atoms with van der Waals surface area (Å²) in [4.78, 5) is 31.0. The van der Waals surface area contributed by atoms with Crippen LogP contribution in [0.5, 0.6) is 0 Å². The monoisotopic (exact) mass is 429 g/mol. The summed E-state index contributed by atoms with van der Waals surface area (Å²) in [5.74, 6) is 0.0543. The van der Waals surface area contributed by atoms with Gasteiger partial charge in [0, 0.05) is 32.7 Å². The molecule has 2 aromatic heterocycles. The molecule has 0 bridgehead atoms. The summed E-state index contributed by atoms with van der Waals surface area (Å²) < 4.78 is 0. The molecule has 4 rings (SSSR count). The Hall–Kier alpha value is -1.99. The van der Waals surface area contributed by atoms with E-state index in [2.05, 4.69) is 17.6 Å². The van der Waals surface area contributed by atoms with Crippen LogP contribution in [0.15, 0.2) is 16.5 Å². The number of aromatic nitrogens is 1. The van der Waals surface area contributed by atoms with E-state index in [0.717, 1.165) is 46.9 Å². The average Bonchev–Trinajstić information content (AvgIpc) is 3.29. The molecule has 0 fully saturated rings. The summed E-state index contributed by atoms with van der Waals surface area (Å²) in [5, 5.41) is 7.04. The van der Waals surface area contributed by atoms with Crippen LogP contribution in [0.25, 0.3) is 10.6 Å². The predicted octanol–water partition coefficient (Wildman–Crippen LogP) is 4.99. The second kappa shape index (κ2) is 8.40. The zero-order valence-electron chi connectivity index (χ0n) is 17.0. The van der Waals surface area contributed by atoms with Gasteiger partial charge in [0.2, 0.25) is 5.91 Å². The molecule has 154 valence electrons. The van der Waals surface area contributed by atoms with Crippen molar-refractivity contribution in [1.29, 1.82) is 0 Å². The van der Waals surface area contributed by atoms with Crippen LogP contribution < -0.4 is 11.1 Å². The highest BCUT2D eigenvalue weighted by Gasteiger charge is 2.29. The maximum atomic E-state index is 13.1. The van der Waals surface area contributed by atoms with Gasteiger partial charge in [0.1, 0.15) is 10.0 Å². The van der Waals surface area contributed by atoms with E-state index < -0.39 is 5.91 Å². The largest absolute Gasteiger partial charge is 0.366 e. The summed E-state index contributed by atoms with van der Waals surface area (Å²) in [6.45, 7) is 4.24. The minimum Gasteiger partial charge on any atom is -0.366 e. The van der Waals surface area contributed by atoms with Gasteiger partial charge in [0.05, 0.1) is 0 Å². The van der Waals surface area contributed by atoms with Crippen LogP contribution >= 0.6 is 22.7 Å². The number of carbonyl (C=O) groups is 2. The molecule has 0 saturated heterocycles. The molecule has 0 saturated carbocycles. The molecule has 0 aromatic carbocycles. The van der Waals surface area contributed by atoms with E-state index in [-0.39, 0.29) is 5.91 Å². The maximum absolute atomic E-state index is 13.1. The van der Waals surface area contributed by atoms with Crippen molar-refractivity contribution >= 4 is 39.5 Å². The van der Waals surface area contributed by atoms with Crippen LogP contribution in [0, 0.1) is 12.8 Å². The molecule has 5 nitrogen and oxygen atoms in total. The Balaban J connectivity index is 1.72. The lowest BCUT2D eigenvalue weighted by atomic mass is 9.86. The number of nitrogens with two attached hydrogens (primary N) is 1. The lowest BCUT2D eigenvalue weighted by Gasteiger charge is -2.21. The summed E-state index contributed by atoms with van der Waals surface area (Å²) in [7, 11) is 0. The Morgan fingerprint density at radius 1 is 1.24 bits per heavy atom. The van der Waals surface area contributed by atoms with Gasteiger partial charge in [-0.2, -0.15) is 0 Å². The van der Waals surface area contributed by atoms with E-state index in [1.807, 2.05) is 6.92 Å². The molecule has 1 atom stereocenters. The predicted molar refractivity (Wildman–Crippen MR) is 119 cm³/mol. The van der Waals surface area contributed by atoms with Gasteiger partial charge in [-0.1, -0.05) is 13.3 Å². The van der Waals surface area contributed by atoms with Crippen LogP contribution in [0.2, 0.25) is 0 Å². The first kappa shape index (κ1) is 20.3. The number of nitrogens with one attached hydrogen (secondary N) is 1. The van der Waals surface area contributed by atoms with Crippen molar-refractivity contribution in [3.8, 4) is 10.6 Å². The van der Waals surface area contributed by atoms with Crippen LogP contribution in [0.1, 0.15) is 61.6 Å². The van der Waals surface area contributed by atoms with Gasteiger partial charge < -0.3 is 11.1 Å². The molecular formula is C22H27N3O2S2. The van der Waals surface area contributed by atoms with E-state index in [1.165, 1.54) is 23.3 Å². The first-order valence-corrected chi connectivity index (χ1v) is 12.1. The fourth-order valence-corrected chi connectivity index (χ4v) is 6.69. The topological polar surface area (TPSA) is 85.1 Å². The van der Waals surface area contributed by atoms with Crippen molar-refractivity contribution in [2.45, 2.75) is 65.2 Å². The van der Waals surface area contributed by atoms with Crippen molar-refractivity contribution in [3.05, 3.63) is 32.7 Å². The van der Waals surface area contributed by atoms with Crippen LogP contribution in [-0.2, 0) is 22.4 Å². The van der Waals surface area contributed by atoms with Crippen LogP contribution in [0.3, 0.4) is 0 Å². The molecule has 0 aliphatic heterocycles. The number of amides is 2. The maximum Gasteiger partial charge on any atom is 0.252 e. The number of aryl methyl sites for hydroxylation is 1. The second-order valence-electron chi connectivity index (χ2n) is 8.00. The van der Waals surface area contributed by atoms with E-state index in [9.17, 15) is 9.59 Å². The fraction of sp³-hybridized carbons (Fsp3) is 0.500. The number of thiazole rings is 1. The van der Waals surface area contributed by atoms with E-state index in [1.54, 1.807) is 22.7 Å². The van der Waals surface area contributed by atoms with Gasteiger partial charge in [0.15, 0.2) is 0 Å². The highest BCUT2D eigenvalue weighted by Crippen LogP contribution is 2.46. The van der Waals surface area contributed by atoms with Crippen molar-refractivity contribution < 1.29 is 9.59 Å². The van der Waals surface area contributed by atoms with Gasteiger partial charge >= 0.3 is 0 Å². The van der Waals surface area contributed by atoms with Gasteiger partial charge in [-0.05, 0) is 63.4 Å². The van der Waals surface area contributed by atoms with Crippen molar-refractivity contribution in [2.24, 2.45) is 11.7 Å². The molecular weight excluding hydrogens is 402 g/mol. The number of rotatable bonds is 5. The van der Waals surface area contributed by atoms with E-state index >= 15 is 0 Å². The number of hydrogen-bond donors (Lipinski definition) is 2. The zero-order chi connectivity index (χ0) is 20.5. The summed E-state index contributed by atoms with van der Waals surface area (Å²) in [6, 6.07) is 0. The molecule has 0 radical (unpaired) electrons. The fourth-order valence-electron chi connectivity index (χ4n) is 4.39. The van der Waals surface area contributed by atoms with Crippen LogP contribution in [-0.4, -0.2) is 16.8 Å². The Bertz CT molecular complexity index is 986. The minimum absolute atomic E-state index is 0.182. The van der Waals surface area contributed by atoms with E-state index in [4.69, 9.17) is 10.7 Å². The third-order valence-corrected chi connectivity index (χ3v) is 8.19. The lowest BCUT2D eigenvalue weighted by molar-refractivity contribution is -0.116. The molecule has 1 unspecified atom stereocenters. The summed E-state index contributed by atoms with van der Waals surface area (Å²) in [6.07, 6.45) is 7.49. The first-order valence-electron chi connectivity index (χ1n) is 10.4. The Kier molecular flexibility index (Phi) is 5.88. The van der Waals surface area contributed by atoms with Crippen molar-refractivity contribution in [2.75, 3.05) is 5.32 Å². The number of nitrogens with zero attached hydrogens (tertiary/aromatic N) is 1. The number of thiophene rings is 1. The van der Waals surface area contributed by atoms with Gasteiger partial charge in [-0.3, -0.25) is 9.59 Å². The highest BCUT2D eigenvalue weighted by molar-refractivity contribution is 7.18. The van der Waals surface area contributed by atoms with Gasteiger partial charge in [-0.15, -0.1) is 22.7 Å². The Morgan fingerprint density at radius 2 is 2.00 bits per heavy atom. The molecule has 2 aliphatic carbocycles. The Labute approximate surface area is 179 Å². The first-order chi connectivity index (χ1) is 14.0. The molecule has 7 heteroatoms. The SMILES string of the molecule is CCC1CCc2c(sc(NC(=O)C3=C(C(N)=O)CCCC3)c2-c2nc(C)cs2)C1. The van der Waals surface area contributed by atoms with E-state index in [0.29, 0.717) is 29.9 Å². The summed E-state index contributed by atoms with van der Waals surface area (Å²) in [5.41, 5.74) is 10.0. The molecule has 29 heavy (non-hydrogen) atoms. The lowest BCUT2D eigenvalue weighted by Crippen LogP contribution is -2.24. The molecule has 2 amide bonds. The number of carbonyl (C=O) groups excluding carboxylic acids is 2. The number of fused-ring (bicyclic) bond motifs is 1. The molecule has 2 aliphatic rings. The zero-order valence-corrected chi connectivity index (χ0v) is 18.6.